The third-order valence-electron chi connectivity index (χ3n) is 3.98. The maximum absolute atomic E-state index is 12.8. The van der Waals surface area contributed by atoms with Gasteiger partial charge in [0.05, 0.1) is 42.0 Å². The van der Waals surface area contributed by atoms with Gasteiger partial charge in [-0.15, -0.1) is 0 Å². The highest BCUT2D eigenvalue weighted by Crippen LogP contribution is 2.43. The second kappa shape index (κ2) is 8.34. The third kappa shape index (κ3) is 3.65. The molecule has 1 aliphatic heterocycles. The number of imide groups is 1. The van der Waals surface area contributed by atoms with E-state index in [1.807, 2.05) is 0 Å². The summed E-state index contributed by atoms with van der Waals surface area (Å²) in [7, 11) is 4.48. The van der Waals surface area contributed by atoms with Crippen LogP contribution in [0.1, 0.15) is 5.56 Å². The summed E-state index contributed by atoms with van der Waals surface area (Å²) < 4.78 is 16.0. The Bertz CT molecular complexity index is 993. The number of hydrogen-bond acceptors (Lipinski definition) is 6. The van der Waals surface area contributed by atoms with Crippen molar-refractivity contribution < 1.29 is 23.8 Å². The minimum absolute atomic E-state index is 0.238. The van der Waals surface area contributed by atoms with Crippen molar-refractivity contribution in [3.05, 3.63) is 50.8 Å². The largest absolute Gasteiger partial charge is 0.493 e. The normalized spacial score (nSPS) is 15.3. The molecule has 0 bridgehead atoms. The van der Waals surface area contributed by atoms with Crippen LogP contribution >= 0.6 is 35.0 Å². The van der Waals surface area contributed by atoms with E-state index in [2.05, 4.69) is 0 Å². The van der Waals surface area contributed by atoms with E-state index < -0.39 is 11.1 Å². The molecular formula is C19H15Cl2NO5S. The van der Waals surface area contributed by atoms with Gasteiger partial charge in [0.15, 0.2) is 11.5 Å². The van der Waals surface area contributed by atoms with Gasteiger partial charge in [-0.25, -0.2) is 4.90 Å². The maximum atomic E-state index is 12.8. The van der Waals surface area contributed by atoms with Crippen LogP contribution in [0.2, 0.25) is 10.0 Å². The van der Waals surface area contributed by atoms with Crippen molar-refractivity contribution in [3.8, 4) is 17.2 Å². The predicted molar refractivity (Wildman–Crippen MR) is 111 cm³/mol. The summed E-state index contributed by atoms with van der Waals surface area (Å²) in [5, 5.41) is 0.154. The monoisotopic (exact) mass is 439 g/mol. The Labute approximate surface area is 176 Å². The molecule has 1 heterocycles. The van der Waals surface area contributed by atoms with E-state index in [0.29, 0.717) is 33.5 Å². The molecule has 28 heavy (non-hydrogen) atoms. The molecule has 0 saturated carbocycles. The lowest BCUT2D eigenvalue weighted by Crippen LogP contribution is -2.27. The van der Waals surface area contributed by atoms with Crippen molar-refractivity contribution in [2.75, 3.05) is 26.2 Å². The summed E-state index contributed by atoms with van der Waals surface area (Å²) in [6, 6.07) is 7.97. The van der Waals surface area contributed by atoms with E-state index >= 15 is 0 Å². The Morgan fingerprint density at radius 2 is 1.64 bits per heavy atom. The topological polar surface area (TPSA) is 65.1 Å². The molecule has 2 aromatic rings. The molecule has 0 N–H and O–H groups in total. The molecule has 1 aliphatic rings. The van der Waals surface area contributed by atoms with Gasteiger partial charge in [-0.1, -0.05) is 23.2 Å². The Hall–Kier alpha value is -2.35. The number of rotatable bonds is 5. The van der Waals surface area contributed by atoms with Crippen LogP contribution in [0.3, 0.4) is 0 Å². The smallest absolute Gasteiger partial charge is 0.298 e. The summed E-state index contributed by atoms with van der Waals surface area (Å²) in [4.78, 5) is 26.6. The first-order chi connectivity index (χ1) is 13.4. The molecule has 3 rings (SSSR count). The van der Waals surface area contributed by atoms with Crippen molar-refractivity contribution >= 4 is 57.9 Å². The molecule has 0 aliphatic carbocycles. The summed E-state index contributed by atoms with van der Waals surface area (Å²) >= 11 is 12.7. The highest BCUT2D eigenvalue weighted by molar-refractivity contribution is 8.19. The quantitative estimate of drug-likeness (QED) is 0.591. The van der Waals surface area contributed by atoms with Crippen LogP contribution in [0.15, 0.2) is 35.2 Å². The van der Waals surface area contributed by atoms with Crippen LogP contribution in [0.5, 0.6) is 17.2 Å². The molecule has 1 fully saturated rings. The molecule has 2 amide bonds. The summed E-state index contributed by atoms with van der Waals surface area (Å²) in [6.45, 7) is 0. The number of hydrogen-bond donors (Lipinski definition) is 0. The zero-order valence-corrected chi connectivity index (χ0v) is 17.4. The number of carbonyl (C=O) groups excluding carboxylic acids is 2. The highest BCUT2D eigenvalue weighted by atomic mass is 35.5. The van der Waals surface area contributed by atoms with Gasteiger partial charge in [0.1, 0.15) is 0 Å². The fraction of sp³-hybridized carbons (Fsp3) is 0.158. The van der Waals surface area contributed by atoms with E-state index in [0.717, 1.165) is 16.7 Å². The number of anilines is 1. The van der Waals surface area contributed by atoms with Crippen molar-refractivity contribution in [3.63, 3.8) is 0 Å². The number of thioether (sulfide) groups is 1. The minimum atomic E-state index is -0.467. The fourth-order valence-corrected chi connectivity index (χ4v) is 3.82. The number of methoxy groups -OCH3 is 3. The van der Waals surface area contributed by atoms with Crippen LogP contribution in [0.25, 0.3) is 6.08 Å². The number of carbonyl (C=O) groups is 2. The lowest BCUT2D eigenvalue weighted by Gasteiger charge is -2.14. The van der Waals surface area contributed by atoms with Gasteiger partial charge in [0.2, 0.25) is 5.75 Å². The molecule has 1 saturated heterocycles. The second-order valence-corrected chi connectivity index (χ2v) is 7.35. The first-order valence-electron chi connectivity index (χ1n) is 7.93. The molecule has 0 unspecified atom stereocenters. The molecule has 0 radical (unpaired) electrons. The van der Waals surface area contributed by atoms with E-state index in [4.69, 9.17) is 37.4 Å². The number of halogens is 2. The average molecular weight is 440 g/mol. The molecule has 146 valence electrons. The summed E-state index contributed by atoms with van der Waals surface area (Å²) in [5.74, 6) is 0.802. The SMILES string of the molecule is COc1ccc(/C=C2\SC(=O)N(c3ccc(Cl)c(Cl)c3)C2=O)c(OC)c1OC. The van der Waals surface area contributed by atoms with Crippen LogP contribution in [-0.4, -0.2) is 32.5 Å². The van der Waals surface area contributed by atoms with E-state index in [1.165, 1.54) is 33.5 Å². The number of nitrogens with zero attached hydrogens (tertiary/aromatic N) is 1. The van der Waals surface area contributed by atoms with E-state index in [9.17, 15) is 9.59 Å². The number of amides is 2. The Kier molecular flexibility index (Phi) is 6.07. The first kappa shape index (κ1) is 20.4. The summed E-state index contributed by atoms with van der Waals surface area (Å²) in [5.41, 5.74) is 0.916. The van der Waals surface area contributed by atoms with Crippen LogP contribution in [0.4, 0.5) is 10.5 Å². The van der Waals surface area contributed by atoms with Gasteiger partial charge in [0, 0.05) is 5.56 Å². The molecule has 0 spiro atoms. The van der Waals surface area contributed by atoms with Crippen LogP contribution in [-0.2, 0) is 4.79 Å². The molecular weight excluding hydrogens is 425 g/mol. The predicted octanol–water partition coefficient (Wildman–Crippen LogP) is 5.26. The average Bonchev–Trinajstić information content (AvgIpc) is 2.96. The van der Waals surface area contributed by atoms with Gasteiger partial charge in [-0.3, -0.25) is 9.59 Å². The molecule has 2 aromatic carbocycles. The van der Waals surface area contributed by atoms with E-state index in [-0.39, 0.29) is 9.93 Å². The van der Waals surface area contributed by atoms with Crippen LogP contribution < -0.4 is 19.1 Å². The third-order valence-corrected chi connectivity index (χ3v) is 5.58. The van der Waals surface area contributed by atoms with Gasteiger partial charge in [-0.05, 0) is 48.2 Å². The zero-order valence-electron chi connectivity index (χ0n) is 15.1. The first-order valence-corrected chi connectivity index (χ1v) is 9.50. The Morgan fingerprint density at radius 3 is 2.25 bits per heavy atom. The van der Waals surface area contributed by atoms with E-state index in [1.54, 1.807) is 24.3 Å². The second-order valence-electron chi connectivity index (χ2n) is 5.54. The zero-order chi connectivity index (χ0) is 20.4. The van der Waals surface area contributed by atoms with Crippen molar-refractivity contribution in [2.45, 2.75) is 0 Å². The number of benzene rings is 2. The Morgan fingerprint density at radius 1 is 0.929 bits per heavy atom. The molecule has 0 atom stereocenters. The van der Waals surface area contributed by atoms with Gasteiger partial charge < -0.3 is 14.2 Å². The van der Waals surface area contributed by atoms with Gasteiger partial charge in [-0.2, -0.15) is 0 Å². The molecule has 9 heteroatoms. The van der Waals surface area contributed by atoms with Gasteiger partial charge >= 0.3 is 0 Å². The maximum Gasteiger partial charge on any atom is 0.298 e. The summed E-state index contributed by atoms with van der Waals surface area (Å²) in [6.07, 6.45) is 1.57. The standard InChI is InChI=1S/C19H15Cl2NO5S/c1-25-14-7-4-10(16(26-2)17(14)27-3)8-15-18(23)22(19(24)28-15)11-5-6-12(20)13(21)9-11/h4-9H,1-3H3/b15-8-. The van der Waals surface area contributed by atoms with Crippen molar-refractivity contribution in [2.24, 2.45) is 0 Å². The van der Waals surface area contributed by atoms with Gasteiger partial charge in [0.25, 0.3) is 11.1 Å². The Balaban J connectivity index is 2.01. The van der Waals surface area contributed by atoms with Crippen molar-refractivity contribution in [1.29, 1.82) is 0 Å². The minimum Gasteiger partial charge on any atom is -0.493 e. The molecule has 6 nitrogen and oxygen atoms in total. The highest BCUT2D eigenvalue weighted by Gasteiger charge is 2.36. The molecule has 0 aromatic heterocycles. The lowest BCUT2D eigenvalue weighted by atomic mass is 10.1. The number of ether oxygens (including phenoxy) is 3. The fourth-order valence-electron chi connectivity index (χ4n) is 2.69. The van der Waals surface area contributed by atoms with Crippen LogP contribution in [0, 0.1) is 0 Å². The van der Waals surface area contributed by atoms with Crippen molar-refractivity contribution in [1.82, 2.24) is 0 Å². The lowest BCUT2D eigenvalue weighted by molar-refractivity contribution is -0.113.